The summed E-state index contributed by atoms with van der Waals surface area (Å²) in [4.78, 5) is 16.6. The molecule has 1 atom stereocenters. The molecule has 2 aromatic heterocycles. The quantitative estimate of drug-likeness (QED) is 0.683. The first kappa shape index (κ1) is 17.4. The molecule has 0 aliphatic carbocycles. The van der Waals surface area contributed by atoms with Crippen molar-refractivity contribution in [3.63, 3.8) is 0 Å². The number of amides is 1. The van der Waals surface area contributed by atoms with Gasteiger partial charge in [-0.2, -0.15) is 0 Å². The van der Waals surface area contributed by atoms with E-state index in [1.807, 2.05) is 35.0 Å². The Hall–Kier alpha value is -2.41. The van der Waals surface area contributed by atoms with Crippen LogP contribution in [0.4, 0.5) is 4.39 Å². The van der Waals surface area contributed by atoms with Gasteiger partial charge in [0.25, 0.3) is 5.91 Å². The van der Waals surface area contributed by atoms with E-state index in [2.05, 4.69) is 26.2 Å². The van der Waals surface area contributed by atoms with Gasteiger partial charge in [0.05, 0.1) is 10.2 Å². The SMILES string of the molecule is C[C@H](Oc1ccc(F)cc1Br)C(=O)NCCc1cn2ccccc2n1. The minimum absolute atomic E-state index is 0.236. The normalized spacial score (nSPS) is 12.1. The Morgan fingerprint density at radius 1 is 1.40 bits per heavy atom. The van der Waals surface area contributed by atoms with Crippen molar-refractivity contribution in [3.8, 4) is 5.75 Å². The first-order valence-electron chi connectivity index (χ1n) is 7.85. The Kier molecular flexibility index (Phi) is 5.33. The molecule has 7 heteroatoms. The Bertz CT molecular complexity index is 864. The molecule has 2 heterocycles. The lowest BCUT2D eigenvalue weighted by molar-refractivity contribution is -0.127. The number of pyridine rings is 1. The summed E-state index contributed by atoms with van der Waals surface area (Å²) in [6.07, 6.45) is 3.81. The molecule has 0 unspecified atom stereocenters. The van der Waals surface area contributed by atoms with E-state index in [-0.39, 0.29) is 11.7 Å². The molecule has 130 valence electrons. The lowest BCUT2D eigenvalue weighted by Gasteiger charge is -2.15. The van der Waals surface area contributed by atoms with Gasteiger partial charge in [-0.05, 0) is 53.2 Å². The van der Waals surface area contributed by atoms with Crippen molar-refractivity contribution in [2.45, 2.75) is 19.4 Å². The lowest BCUT2D eigenvalue weighted by atomic mass is 10.3. The van der Waals surface area contributed by atoms with Gasteiger partial charge in [0.2, 0.25) is 0 Å². The van der Waals surface area contributed by atoms with Crippen molar-refractivity contribution in [3.05, 3.63) is 64.8 Å². The van der Waals surface area contributed by atoms with Crippen molar-refractivity contribution in [2.24, 2.45) is 0 Å². The van der Waals surface area contributed by atoms with Gasteiger partial charge in [-0.25, -0.2) is 9.37 Å². The van der Waals surface area contributed by atoms with Crippen molar-refractivity contribution in [1.82, 2.24) is 14.7 Å². The zero-order valence-corrected chi connectivity index (χ0v) is 15.2. The maximum absolute atomic E-state index is 13.1. The highest BCUT2D eigenvalue weighted by Gasteiger charge is 2.16. The molecule has 3 rings (SSSR count). The highest BCUT2D eigenvalue weighted by molar-refractivity contribution is 9.10. The predicted octanol–water partition coefficient (Wildman–Crippen LogP) is 3.36. The van der Waals surface area contributed by atoms with Gasteiger partial charge in [-0.1, -0.05) is 6.07 Å². The largest absolute Gasteiger partial charge is 0.480 e. The van der Waals surface area contributed by atoms with E-state index < -0.39 is 6.10 Å². The number of nitrogens with zero attached hydrogens (tertiary/aromatic N) is 2. The molecule has 0 spiro atoms. The molecular weight excluding hydrogens is 389 g/mol. The molecular formula is C18H17BrFN3O2. The molecule has 3 aromatic rings. The van der Waals surface area contributed by atoms with E-state index in [4.69, 9.17) is 4.74 Å². The zero-order valence-electron chi connectivity index (χ0n) is 13.6. The molecule has 0 bridgehead atoms. The van der Waals surface area contributed by atoms with Crippen LogP contribution in [0.5, 0.6) is 5.75 Å². The molecule has 5 nitrogen and oxygen atoms in total. The van der Waals surface area contributed by atoms with Crippen LogP contribution in [0.1, 0.15) is 12.6 Å². The highest BCUT2D eigenvalue weighted by atomic mass is 79.9. The number of carbonyl (C=O) groups is 1. The van der Waals surface area contributed by atoms with E-state index in [1.165, 1.54) is 18.2 Å². The van der Waals surface area contributed by atoms with Gasteiger partial charge in [-0.15, -0.1) is 0 Å². The first-order chi connectivity index (χ1) is 12.0. The number of hydrogen-bond acceptors (Lipinski definition) is 3. The van der Waals surface area contributed by atoms with E-state index in [9.17, 15) is 9.18 Å². The number of aromatic nitrogens is 2. The standard InChI is InChI=1S/C18H17BrFN3O2/c1-12(25-16-6-5-13(20)10-15(16)19)18(24)21-8-7-14-11-23-9-3-2-4-17(23)22-14/h2-6,9-12H,7-8H2,1H3,(H,21,24)/t12-/m0/s1. The first-order valence-corrected chi connectivity index (χ1v) is 8.64. The zero-order chi connectivity index (χ0) is 17.8. The van der Waals surface area contributed by atoms with E-state index in [1.54, 1.807) is 6.92 Å². The van der Waals surface area contributed by atoms with Gasteiger partial charge in [0, 0.05) is 25.4 Å². The number of imidazole rings is 1. The number of halogens is 2. The van der Waals surface area contributed by atoms with Crippen LogP contribution in [0.15, 0.2) is 53.3 Å². The Balaban J connectivity index is 1.51. The summed E-state index contributed by atoms with van der Waals surface area (Å²) in [6, 6.07) is 9.86. The third kappa shape index (κ3) is 4.36. The van der Waals surface area contributed by atoms with Crippen LogP contribution in [0.3, 0.4) is 0 Å². The Labute approximate surface area is 153 Å². The average molecular weight is 406 g/mol. The van der Waals surface area contributed by atoms with Crippen molar-refractivity contribution in [2.75, 3.05) is 6.54 Å². The number of carbonyl (C=O) groups excluding carboxylic acids is 1. The smallest absolute Gasteiger partial charge is 0.260 e. The fraction of sp³-hybridized carbons (Fsp3) is 0.222. The molecule has 1 aromatic carbocycles. The molecule has 0 aliphatic heterocycles. The molecule has 0 fully saturated rings. The molecule has 0 radical (unpaired) electrons. The average Bonchev–Trinajstić information content (AvgIpc) is 3.00. The molecule has 1 N–H and O–H groups in total. The topological polar surface area (TPSA) is 55.6 Å². The van der Waals surface area contributed by atoms with E-state index >= 15 is 0 Å². The molecule has 1 amide bonds. The summed E-state index contributed by atoms with van der Waals surface area (Å²) in [6.45, 7) is 2.11. The highest BCUT2D eigenvalue weighted by Crippen LogP contribution is 2.26. The summed E-state index contributed by atoms with van der Waals surface area (Å²) >= 11 is 3.22. The van der Waals surface area contributed by atoms with Crippen molar-refractivity contribution in [1.29, 1.82) is 0 Å². The second kappa shape index (κ2) is 7.65. The lowest BCUT2D eigenvalue weighted by Crippen LogP contribution is -2.37. The third-order valence-electron chi connectivity index (χ3n) is 3.66. The summed E-state index contributed by atoms with van der Waals surface area (Å²) in [7, 11) is 0. The molecule has 25 heavy (non-hydrogen) atoms. The minimum atomic E-state index is -0.692. The Morgan fingerprint density at radius 3 is 3.00 bits per heavy atom. The van der Waals surface area contributed by atoms with Crippen LogP contribution >= 0.6 is 15.9 Å². The van der Waals surface area contributed by atoms with Crippen molar-refractivity contribution < 1.29 is 13.9 Å². The van der Waals surface area contributed by atoms with Crippen LogP contribution in [0.2, 0.25) is 0 Å². The van der Waals surface area contributed by atoms with Gasteiger partial charge in [-0.3, -0.25) is 4.79 Å². The molecule has 0 saturated heterocycles. The predicted molar refractivity (Wildman–Crippen MR) is 96.1 cm³/mol. The minimum Gasteiger partial charge on any atom is -0.480 e. The van der Waals surface area contributed by atoms with E-state index in [0.717, 1.165) is 11.3 Å². The third-order valence-corrected chi connectivity index (χ3v) is 4.28. The second-order valence-corrected chi connectivity index (χ2v) is 6.43. The maximum Gasteiger partial charge on any atom is 0.260 e. The Morgan fingerprint density at radius 2 is 2.24 bits per heavy atom. The van der Waals surface area contributed by atoms with Crippen LogP contribution in [0, 0.1) is 5.82 Å². The van der Waals surface area contributed by atoms with E-state index in [0.29, 0.717) is 23.2 Å². The van der Waals surface area contributed by atoms with Crippen LogP contribution in [0.25, 0.3) is 5.65 Å². The second-order valence-electron chi connectivity index (χ2n) is 5.57. The van der Waals surface area contributed by atoms with Crippen LogP contribution in [-0.2, 0) is 11.2 Å². The molecule has 0 saturated carbocycles. The number of fused-ring (bicyclic) bond motifs is 1. The van der Waals surface area contributed by atoms with Gasteiger partial charge < -0.3 is 14.5 Å². The maximum atomic E-state index is 13.1. The summed E-state index contributed by atoms with van der Waals surface area (Å²) in [5.74, 6) is -0.187. The van der Waals surface area contributed by atoms with Crippen molar-refractivity contribution >= 4 is 27.5 Å². The van der Waals surface area contributed by atoms with Gasteiger partial charge in [0.1, 0.15) is 17.2 Å². The summed E-state index contributed by atoms with van der Waals surface area (Å²) in [5, 5.41) is 2.82. The number of hydrogen-bond donors (Lipinski definition) is 1. The number of nitrogens with one attached hydrogen (secondary N) is 1. The fourth-order valence-electron chi connectivity index (χ4n) is 2.38. The van der Waals surface area contributed by atoms with Crippen LogP contribution in [-0.4, -0.2) is 27.9 Å². The fourth-order valence-corrected chi connectivity index (χ4v) is 2.82. The summed E-state index contributed by atoms with van der Waals surface area (Å²) in [5.41, 5.74) is 1.78. The molecule has 0 aliphatic rings. The van der Waals surface area contributed by atoms with Gasteiger partial charge >= 0.3 is 0 Å². The summed E-state index contributed by atoms with van der Waals surface area (Å²) < 4.78 is 21.1. The number of benzene rings is 1. The number of rotatable bonds is 6. The monoisotopic (exact) mass is 405 g/mol. The number of ether oxygens (including phenoxy) is 1. The van der Waals surface area contributed by atoms with Gasteiger partial charge in [0.15, 0.2) is 6.10 Å². The van der Waals surface area contributed by atoms with Crippen LogP contribution < -0.4 is 10.1 Å².